The van der Waals surface area contributed by atoms with Crippen LogP contribution in [0.25, 0.3) is 22.3 Å². The van der Waals surface area contributed by atoms with E-state index in [2.05, 4.69) is 172 Å². The Morgan fingerprint density at radius 2 is 0.929 bits per heavy atom. The van der Waals surface area contributed by atoms with Crippen LogP contribution >= 0.6 is 11.8 Å². The van der Waals surface area contributed by atoms with Crippen molar-refractivity contribution >= 4 is 28.8 Å². The minimum atomic E-state index is 0.144. The maximum atomic E-state index is 2.56. The summed E-state index contributed by atoms with van der Waals surface area (Å²) >= 11 is 2.01. The highest BCUT2D eigenvalue weighted by molar-refractivity contribution is 7.99. The minimum absolute atomic E-state index is 0.144. The van der Waals surface area contributed by atoms with Crippen molar-refractivity contribution in [3.8, 4) is 22.3 Å². The van der Waals surface area contributed by atoms with E-state index >= 15 is 0 Å². The van der Waals surface area contributed by atoms with Crippen LogP contribution in [0.15, 0.2) is 149 Å². The lowest BCUT2D eigenvalue weighted by Crippen LogP contribution is -2.57. The van der Waals surface area contributed by atoms with Gasteiger partial charge >= 0.3 is 0 Å². The normalized spacial score (nSPS) is 26.0. The second kappa shape index (κ2) is 12.7. The lowest BCUT2D eigenvalue weighted by molar-refractivity contribution is -0.0443. The van der Waals surface area contributed by atoms with E-state index < -0.39 is 0 Å². The van der Waals surface area contributed by atoms with Gasteiger partial charge in [-0.15, -0.1) is 0 Å². The molecule has 0 N–H and O–H groups in total. The average Bonchev–Trinajstić information content (AvgIpc) is 3.22. The Morgan fingerprint density at radius 3 is 1.59 bits per heavy atom. The summed E-state index contributed by atoms with van der Waals surface area (Å²) in [5.74, 6) is 3.37. The standard InChI is InChI=1S/C54H53NS/c1-52(2)26-27-53(3,4)49-33-40(18-24-46(49)52)39-16-21-44(22-17-39)55(43-19-14-38(15-20-43)37-10-6-5-7-11-37)45-23-25-48-51(34-45)56-50-13-9-8-12-47(50)54(48)41-29-35-28-36(31-41)32-42(54)30-35/h5-25,33-36,41-42H,26-32H2,1-4H3. The number of benzene rings is 6. The summed E-state index contributed by atoms with van der Waals surface area (Å²) in [4.78, 5) is 5.42. The first kappa shape index (κ1) is 34.7. The van der Waals surface area contributed by atoms with E-state index in [1.54, 1.807) is 11.1 Å². The summed E-state index contributed by atoms with van der Waals surface area (Å²) in [6, 6.07) is 53.6. The third-order valence-electron chi connectivity index (χ3n) is 15.2. The zero-order valence-electron chi connectivity index (χ0n) is 33.4. The molecule has 0 radical (unpaired) electrons. The molecular formula is C54H53NS. The van der Waals surface area contributed by atoms with E-state index in [1.165, 1.54) is 105 Å². The predicted molar refractivity (Wildman–Crippen MR) is 236 cm³/mol. The predicted octanol–water partition coefficient (Wildman–Crippen LogP) is 15.0. The number of hydrogen-bond donors (Lipinski definition) is 0. The zero-order valence-corrected chi connectivity index (χ0v) is 34.2. The summed E-state index contributed by atoms with van der Waals surface area (Å²) in [6.07, 6.45) is 9.54. The Hall–Kier alpha value is -4.53. The van der Waals surface area contributed by atoms with Gasteiger partial charge in [0.05, 0.1) is 0 Å². The first-order chi connectivity index (χ1) is 27.2. The molecule has 0 amide bonds. The van der Waals surface area contributed by atoms with Crippen LogP contribution in [0.1, 0.15) is 94.9 Å². The van der Waals surface area contributed by atoms with Crippen molar-refractivity contribution in [3.05, 3.63) is 162 Å². The number of rotatable bonds is 5. The lowest BCUT2D eigenvalue weighted by Gasteiger charge is -2.63. The smallest absolute Gasteiger partial charge is 0.0473 e. The molecule has 0 atom stereocenters. The Bertz CT molecular complexity index is 2430. The van der Waals surface area contributed by atoms with Crippen molar-refractivity contribution in [2.24, 2.45) is 23.7 Å². The molecule has 0 aromatic heterocycles. The lowest BCUT2D eigenvalue weighted by atomic mass is 9.42. The maximum absolute atomic E-state index is 2.56. The van der Waals surface area contributed by atoms with Crippen LogP contribution in [0.2, 0.25) is 0 Å². The molecule has 1 spiro atoms. The van der Waals surface area contributed by atoms with Crippen molar-refractivity contribution in [3.63, 3.8) is 0 Å². The molecule has 1 heterocycles. The Labute approximate surface area is 338 Å². The zero-order chi connectivity index (χ0) is 37.8. The van der Waals surface area contributed by atoms with Crippen molar-refractivity contribution < 1.29 is 0 Å². The molecule has 280 valence electrons. The molecule has 6 aromatic carbocycles. The molecule has 0 unspecified atom stereocenters. The van der Waals surface area contributed by atoms with Gasteiger partial charge in [0.15, 0.2) is 0 Å². The molecule has 1 aliphatic heterocycles. The van der Waals surface area contributed by atoms with E-state index in [4.69, 9.17) is 0 Å². The van der Waals surface area contributed by atoms with Crippen molar-refractivity contribution in [1.29, 1.82) is 0 Å². The van der Waals surface area contributed by atoms with Gasteiger partial charge < -0.3 is 4.90 Å². The molecule has 2 heteroatoms. The van der Waals surface area contributed by atoms with Gasteiger partial charge in [-0.05, 0) is 166 Å². The van der Waals surface area contributed by atoms with Gasteiger partial charge in [0.1, 0.15) is 0 Å². The molecule has 4 bridgehead atoms. The summed E-state index contributed by atoms with van der Waals surface area (Å²) in [7, 11) is 0. The molecule has 4 fully saturated rings. The number of nitrogens with zero attached hydrogens (tertiary/aromatic N) is 1. The maximum Gasteiger partial charge on any atom is 0.0473 e. The molecular weight excluding hydrogens is 695 g/mol. The monoisotopic (exact) mass is 747 g/mol. The third kappa shape index (κ3) is 5.34. The molecule has 6 aromatic rings. The van der Waals surface area contributed by atoms with Crippen molar-refractivity contribution in [2.75, 3.05) is 4.90 Å². The molecule has 5 aliphatic carbocycles. The van der Waals surface area contributed by atoms with Gasteiger partial charge in [0.2, 0.25) is 0 Å². The molecule has 6 aliphatic rings. The minimum Gasteiger partial charge on any atom is -0.310 e. The van der Waals surface area contributed by atoms with Gasteiger partial charge in [0, 0.05) is 32.3 Å². The number of hydrogen-bond acceptors (Lipinski definition) is 2. The van der Waals surface area contributed by atoms with Crippen LogP contribution in [-0.2, 0) is 16.2 Å². The van der Waals surface area contributed by atoms with E-state index in [0.29, 0.717) is 0 Å². The molecule has 4 saturated carbocycles. The van der Waals surface area contributed by atoms with E-state index in [9.17, 15) is 0 Å². The highest BCUT2D eigenvalue weighted by Crippen LogP contribution is 2.69. The van der Waals surface area contributed by atoms with Crippen LogP contribution in [0.3, 0.4) is 0 Å². The van der Waals surface area contributed by atoms with Crippen LogP contribution in [0, 0.1) is 23.7 Å². The van der Waals surface area contributed by atoms with Gasteiger partial charge in [0.25, 0.3) is 0 Å². The Kier molecular flexibility index (Phi) is 7.89. The van der Waals surface area contributed by atoms with Gasteiger partial charge in [-0.3, -0.25) is 0 Å². The first-order valence-corrected chi connectivity index (χ1v) is 22.1. The molecule has 0 saturated heterocycles. The molecule has 56 heavy (non-hydrogen) atoms. The quantitative estimate of drug-likeness (QED) is 0.173. The average molecular weight is 748 g/mol. The Balaban J connectivity index is 1.02. The van der Waals surface area contributed by atoms with Crippen LogP contribution in [0.5, 0.6) is 0 Å². The largest absolute Gasteiger partial charge is 0.310 e. The highest BCUT2D eigenvalue weighted by atomic mass is 32.2. The van der Waals surface area contributed by atoms with Gasteiger partial charge in [-0.25, -0.2) is 0 Å². The van der Waals surface area contributed by atoms with E-state index in [0.717, 1.165) is 23.7 Å². The summed E-state index contributed by atoms with van der Waals surface area (Å²) in [6.45, 7) is 9.68. The van der Waals surface area contributed by atoms with Crippen LogP contribution < -0.4 is 4.90 Å². The first-order valence-electron chi connectivity index (χ1n) is 21.3. The highest BCUT2D eigenvalue weighted by Gasteiger charge is 2.60. The molecule has 12 rings (SSSR count). The number of fused-ring (bicyclic) bond motifs is 3. The van der Waals surface area contributed by atoms with E-state index in [-0.39, 0.29) is 16.2 Å². The van der Waals surface area contributed by atoms with Gasteiger partial charge in [-0.1, -0.05) is 137 Å². The fraction of sp³-hybridized carbons (Fsp3) is 0.333. The fourth-order valence-corrected chi connectivity index (χ4v) is 13.8. The van der Waals surface area contributed by atoms with E-state index in [1.807, 2.05) is 11.8 Å². The van der Waals surface area contributed by atoms with Crippen molar-refractivity contribution in [1.82, 2.24) is 0 Å². The topological polar surface area (TPSA) is 3.24 Å². The second-order valence-electron chi connectivity index (χ2n) is 19.3. The summed E-state index contributed by atoms with van der Waals surface area (Å²) in [5.41, 5.74) is 15.5. The fourth-order valence-electron chi connectivity index (χ4n) is 12.5. The van der Waals surface area contributed by atoms with Crippen LogP contribution in [0.4, 0.5) is 17.1 Å². The second-order valence-corrected chi connectivity index (χ2v) is 20.4. The summed E-state index contributed by atoms with van der Waals surface area (Å²) in [5, 5.41) is 0. The van der Waals surface area contributed by atoms with Gasteiger partial charge in [-0.2, -0.15) is 0 Å². The third-order valence-corrected chi connectivity index (χ3v) is 16.3. The summed E-state index contributed by atoms with van der Waals surface area (Å²) < 4.78 is 0. The number of anilines is 3. The van der Waals surface area contributed by atoms with Crippen LogP contribution in [-0.4, -0.2) is 0 Å². The SMILES string of the molecule is CC1(C)CCC(C)(C)c2cc(-c3ccc(N(c4ccc(-c5ccccc5)cc4)c4ccc5c(c4)Sc4ccccc4C54C5CC6CC(C5)CC4C6)cc3)ccc21. The molecule has 1 nitrogen and oxygen atoms in total. The Morgan fingerprint density at radius 1 is 0.429 bits per heavy atom. The van der Waals surface area contributed by atoms with Crippen molar-refractivity contribution in [2.45, 2.75) is 98.7 Å².